The molecule has 1 aromatic heterocycles. The topological polar surface area (TPSA) is 39.9 Å². The van der Waals surface area contributed by atoms with Crippen molar-refractivity contribution in [3.05, 3.63) is 53.9 Å². The summed E-state index contributed by atoms with van der Waals surface area (Å²) in [6.45, 7) is 0.942. The zero-order valence-corrected chi connectivity index (χ0v) is 10.7. The first kappa shape index (κ1) is 11.7. The van der Waals surface area contributed by atoms with E-state index >= 15 is 0 Å². The Morgan fingerprint density at radius 2 is 1.89 bits per heavy atom. The van der Waals surface area contributed by atoms with Crippen LogP contribution in [0.25, 0.3) is 0 Å². The molecular weight excluding hydrogens is 234 g/mol. The molecule has 0 unspecified atom stereocenters. The van der Waals surface area contributed by atoms with Gasteiger partial charge in [0, 0.05) is 18.4 Å². The van der Waals surface area contributed by atoms with E-state index < -0.39 is 0 Å². The van der Waals surface area contributed by atoms with Crippen LogP contribution >= 0.6 is 0 Å². The SMILES string of the molecule is N#Cc1ncccc1N1CCCCc2ccccc21. The van der Waals surface area contributed by atoms with E-state index in [9.17, 15) is 5.26 Å². The van der Waals surface area contributed by atoms with E-state index in [4.69, 9.17) is 0 Å². The van der Waals surface area contributed by atoms with Crippen LogP contribution in [0.15, 0.2) is 42.6 Å². The lowest BCUT2D eigenvalue weighted by Gasteiger charge is -2.25. The second-order valence-corrected chi connectivity index (χ2v) is 4.72. The largest absolute Gasteiger partial charge is 0.339 e. The molecule has 1 aliphatic heterocycles. The third-order valence-electron chi connectivity index (χ3n) is 3.54. The number of rotatable bonds is 1. The molecule has 3 rings (SSSR count). The van der Waals surface area contributed by atoms with Crippen LogP contribution in [0.5, 0.6) is 0 Å². The van der Waals surface area contributed by atoms with Gasteiger partial charge in [0.05, 0.1) is 5.69 Å². The Labute approximate surface area is 113 Å². The number of aryl methyl sites for hydroxylation is 1. The summed E-state index contributed by atoms with van der Waals surface area (Å²) in [6.07, 6.45) is 5.10. The Kier molecular flexibility index (Phi) is 3.16. The number of aromatic nitrogens is 1. The van der Waals surface area contributed by atoms with Gasteiger partial charge in [-0.3, -0.25) is 0 Å². The summed E-state index contributed by atoms with van der Waals surface area (Å²) in [7, 11) is 0. The van der Waals surface area contributed by atoms with E-state index in [0.717, 1.165) is 25.1 Å². The zero-order chi connectivity index (χ0) is 13.1. The molecule has 2 aromatic rings. The molecule has 0 atom stereocenters. The monoisotopic (exact) mass is 249 g/mol. The third-order valence-corrected chi connectivity index (χ3v) is 3.54. The second kappa shape index (κ2) is 5.11. The minimum Gasteiger partial charge on any atom is -0.339 e. The van der Waals surface area contributed by atoms with Gasteiger partial charge in [-0.1, -0.05) is 18.2 Å². The van der Waals surface area contributed by atoms with Gasteiger partial charge >= 0.3 is 0 Å². The Bertz CT molecular complexity index is 628. The van der Waals surface area contributed by atoms with Gasteiger partial charge in [0.2, 0.25) is 0 Å². The molecule has 0 saturated carbocycles. The molecule has 0 saturated heterocycles. The maximum absolute atomic E-state index is 9.23. The van der Waals surface area contributed by atoms with Crippen molar-refractivity contribution in [2.45, 2.75) is 19.3 Å². The first-order valence-corrected chi connectivity index (χ1v) is 6.61. The molecule has 0 amide bonds. The first-order chi connectivity index (χ1) is 9.40. The summed E-state index contributed by atoms with van der Waals surface area (Å²) < 4.78 is 0. The number of anilines is 2. The normalized spacial score (nSPS) is 14.4. The van der Waals surface area contributed by atoms with E-state index in [-0.39, 0.29) is 0 Å². The predicted molar refractivity (Wildman–Crippen MR) is 75.3 cm³/mol. The molecule has 0 spiro atoms. The van der Waals surface area contributed by atoms with Crippen molar-refractivity contribution < 1.29 is 0 Å². The third kappa shape index (κ3) is 2.17. The van der Waals surface area contributed by atoms with Gasteiger partial charge in [0.15, 0.2) is 5.69 Å². The molecule has 0 bridgehead atoms. The van der Waals surface area contributed by atoms with Crippen LogP contribution in [0.1, 0.15) is 24.1 Å². The number of hydrogen-bond donors (Lipinski definition) is 0. The molecule has 94 valence electrons. The van der Waals surface area contributed by atoms with E-state index in [1.807, 2.05) is 12.1 Å². The lowest BCUT2D eigenvalue weighted by Crippen LogP contribution is -2.19. The van der Waals surface area contributed by atoms with Crippen molar-refractivity contribution in [1.29, 1.82) is 5.26 Å². The van der Waals surface area contributed by atoms with Gasteiger partial charge in [-0.15, -0.1) is 0 Å². The zero-order valence-electron chi connectivity index (χ0n) is 10.7. The van der Waals surface area contributed by atoms with Gasteiger partial charge in [0.1, 0.15) is 6.07 Å². The highest BCUT2D eigenvalue weighted by molar-refractivity contribution is 5.70. The van der Waals surface area contributed by atoms with Crippen molar-refractivity contribution in [2.24, 2.45) is 0 Å². The quantitative estimate of drug-likeness (QED) is 0.777. The highest BCUT2D eigenvalue weighted by Crippen LogP contribution is 2.33. The van der Waals surface area contributed by atoms with Gasteiger partial charge in [0.25, 0.3) is 0 Å². The summed E-state index contributed by atoms with van der Waals surface area (Å²) in [4.78, 5) is 6.40. The number of hydrogen-bond acceptors (Lipinski definition) is 3. The van der Waals surface area contributed by atoms with Crippen LogP contribution in [0, 0.1) is 11.3 Å². The number of nitrogens with zero attached hydrogens (tertiary/aromatic N) is 3. The molecular formula is C16H15N3. The van der Waals surface area contributed by atoms with Gasteiger partial charge in [-0.05, 0) is 43.0 Å². The van der Waals surface area contributed by atoms with Crippen LogP contribution < -0.4 is 4.90 Å². The fourth-order valence-corrected chi connectivity index (χ4v) is 2.64. The average Bonchev–Trinajstić information content (AvgIpc) is 2.69. The van der Waals surface area contributed by atoms with Gasteiger partial charge in [-0.2, -0.15) is 5.26 Å². The Morgan fingerprint density at radius 3 is 2.79 bits per heavy atom. The summed E-state index contributed by atoms with van der Waals surface area (Å²) in [6, 6.07) is 14.5. The fraction of sp³-hybridized carbons (Fsp3) is 0.250. The molecule has 3 heteroatoms. The van der Waals surface area contributed by atoms with Gasteiger partial charge < -0.3 is 4.90 Å². The van der Waals surface area contributed by atoms with Crippen LogP contribution in [0.4, 0.5) is 11.4 Å². The minimum absolute atomic E-state index is 0.499. The number of fused-ring (bicyclic) bond motifs is 1. The van der Waals surface area contributed by atoms with E-state index in [2.05, 4.69) is 40.2 Å². The Balaban J connectivity index is 2.12. The van der Waals surface area contributed by atoms with Gasteiger partial charge in [-0.25, -0.2) is 4.98 Å². The summed E-state index contributed by atoms with van der Waals surface area (Å²) in [5.74, 6) is 0. The van der Waals surface area contributed by atoms with Crippen molar-refractivity contribution >= 4 is 11.4 Å². The molecule has 0 fully saturated rings. The lowest BCUT2D eigenvalue weighted by molar-refractivity contribution is 0.760. The number of benzene rings is 1. The summed E-state index contributed by atoms with van der Waals surface area (Å²) >= 11 is 0. The predicted octanol–water partition coefficient (Wildman–Crippen LogP) is 3.43. The van der Waals surface area contributed by atoms with Crippen molar-refractivity contribution in [3.8, 4) is 6.07 Å². The van der Waals surface area contributed by atoms with E-state index in [1.165, 1.54) is 17.7 Å². The number of para-hydroxylation sites is 1. The van der Waals surface area contributed by atoms with Crippen LogP contribution in [0.2, 0.25) is 0 Å². The van der Waals surface area contributed by atoms with Crippen molar-refractivity contribution in [3.63, 3.8) is 0 Å². The molecule has 1 aliphatic rings. The summed E-state index contributed by atoms with van der Waals surface area (Å²) in [5.41, 5.74) is 3.98. The molecule has 0 N–H and O–H groups in total. The van der Waals surface area contributed by atoms with Crippen LogP contribution in [0.3, 0.4) is 0 Å². The smallest absolute Gasteiger partial charge is 0.164 e. The average molecular weight is 249 g/mol. The lowest BCUT2D eigenvalue weighted by atomic mass is 10.1. The molecule has 19 heavy (non-hydrogen) atoms. The van der Waals surface area contributed by atoms with E-state index in [1.54, 1.807) is 6.20 Å². The fourth-order valence-electron chi connectivity index (χ4n) is 2.64. The molecule has 0 radical (unpaired) electrons. The number of nitriles is 1. The molecule has 1 aromatic carbocycles. The van der Waals surface area contributed by atoms with Crippen LogP contribution in [-0.2, 0) is 6.42 Å². The first-order valence-electron chi connectivity index (χ1n) is 6.61. The summed E-state index contributed by atoms with van der Waals surface area (Å²) in [5, 5.41) is 9.23. The maximum atomic E-state index is 9.23. The molecule has 3 nitrogen and oxygen atoms in total. The standard InChI is InChI=1S/C16H15N3/c17-12-14-16(9-5-10-18-14)19-11-4-3-7-13-6-1-2-8-15(13)19/h1-2,5-6,8-10H,3-4,7,11H2. The molecule has 2 heterocycles. The maximum Gasteiger partial charge on any atom is 0.164 e. The highest BCUT2D eigenvalue weighted by atomic mass is 15.1. The van der Waals surface area contributed by atoms with Crippen molar-refractivity contribution in [1.82, 2.24) is 4.98 Å². The Hall–Kier alpha value is -2.34. The second-order valence-electron chi connectivity index (χ2n) is 4.72. The highest BCUT2D eigenvalue weighted by Gasteiger charge is 2.18. The van der Waals surface area contributed by atoms with Crippen LogP contribution in [-0.4, -0.2) is 11.5 Å². The molecule has 0 aliphatic carbocycles. The Morgan fingerprint density at radius 1 is 1.05 bits per heavy atom. The van der Waals surface area contributed by atoms with E-state index in [0.29, 0.717) is 5.69 Å². The minimum atomic E-state index is 0.499. The number of pyridine rings is 1. The van der Waals surface area contributed by atoms with Crippen molar-refractivity contribution in [2.75, 3.05) is 11.4 Å².